The number of carbonyl (C=O) groups excluding carboxylic acids is 2. The second kappa shape index (κ2) is 7.07. The first-order valence-electron chi connectivity index (χ1n) is 7.19. The van der Waals surface area contributed by atoms with Crippen LogP contribution in [0, 0.1) is 0 Å². The maximum atomic E-state index is 12.2. The second-order valence-electron chi connectivity index (χ2n) is 5.12. The summed E-state index contributed by atoms with van der Waals surface area (Å²) in [4.78, 5) is 27.7. The summed E-state index contributed by atoms with van der Waals surface area (Å²) >= 11 is 0. The number of rotatable bonds is 5. The highest BCUT2D eigenvalue weighted by Gasteiger charge is 2.25. The van der Waals surface area contributed by atoms with Crippen LogP contribution in [0.25, 0.3) is 0 Å². The summed E-state index contributed by atoms with van der Waals surface area (Å²) < 4.78 is 0. The first-order chi connectivity index (χ1) is 10.1. The highest BCUT2D eigenvalue weighted by atomic mass is 16.2. The molecule has 0 bridgehead atoms. The van der Waals surface area contributed by atoms with Crippen molar-refractivity contribution < 1.29 is 9.59 Å². The van der Waals surface area contributed by atoms with Crippen LogP contribution in [0.5, 0.6) is 0 Å². The van der Waals surface area contributed by atoms with Crippen LogP contribution >= 0.6 is 0 Å². The zero-order chi connectivity index (χ0) is 15.2. The largest absolute Gasteiger partial charge is 0.396 e. The van der Waals surface area contributed by atoms with Crippen LogP contribution in [0.15, 0.2) is 6.20 Å². The molecule has 1 fully saturated rings. The van der Waals surface area contributed by atoms with E-state index in [9.17, 15) is 9.59 Å². The Kier molecular flexibility index (Phi) is 5.15. The number of anilines is 1. The fraction of sp³-hybridized carbons (Fsp3) is 0.615. The van der Waals surface area contributed by atoms with Gasteiger partial charge in [0, 0.05) is 32.7 Å². The van der Waals surface area contributed by atoms with Gasteiger partial charge in [0.15, 0.2) is 0 Å². The molecule has 1 aromatic rings. The van der Waals surface area contributed by atoms with E-state index in [0.717, 1.165) is 6.42 Å². The van der Waals surface area contributed by atoms with E-state index >= 15 is 0 Å². The Bertz CT molecular complexity index is 493. The van der Waals surface area contributed by atoms with E-state index in [4.69, 9.17) is 5.73 Å². The molecule has 1 aliphatic heterocycles. The van der Waals surface area contributed by atoms with Gasteiger partial charge in [-0.05, 0) is 6.42 Å². The predicted octanol–water partition coefficient (Wildman–Crippen LogP) is -0.724. The van der Waals surface area contributed by atoms with Gasteiger partial charge in [-0.15, -0.1) is 0 Å². The van der Waals surface area contributed by atoms with Crippen molar-refractivity contribution in [1.29, 1.82) is 0 Å². The van der Waals surface area contributed by atoms with Gasteiger partial charge in [0.05, 0.1) is 18.4 Å². The van der Waals surface area contributed by atoms with Crippen LogP contribution in [-0.4, -0.2) is 71.1 Å². The molecule has 1 aliphatic rings. The fourth-order valence-electron chi connectivity index (χ4n) is 2.26. The normalized spacial score (nSPS) is 16.0. The molecule has 0 saturated carbocycles. The predicted molar refractivity (Wildman–Crippen MR) is 78.6 cm³/mol. The van der Waals surface area contributed by atoms with E-state index in [0.29, 0.717) is 50.6 Å². The Morgan fingerprint density at radius 2 is 2.10 bits per heavy atom. The summed E-state index contributed by atoms with van der Waals surface area (Å²) in [7, 11) is 0. The number of amides is 2. The number of aromatic nitrogens is 2. The lowest BCUT2D eigenvalue weighted by atomic mass is 10.2. The summed E-state index contributed by atoms with van der Waals surface area (Å²) in [6.45, 7) is 5.63. The summed E-state index contributed by atoms with van der Waals surface area (Å²) in [5.74, 6) is -0.102. The van der Waals surface area contributed by atoms with E-state index in [1.807, 2.05) is 11.8 Å². The van der Waals surface area contributed by atoms with Crippen LogP contribution < -0.4 is 11.1 Å². The molecule has 0 spiro atoms. The van der Waals surface area contributed by atoms with Gasteiger partial charge in [-0.2, -0.15) is 5.10 Å². The summed E-state index contributed by atoms with van der Waals surface area (Å²) in [6.07, 6.45) is 2.36. The molecule has 1 aromatic heterocycles. The first-order valence-corrected chi connectivity index (χ1v) is 7.19. The van der Waals surface area contributed by atoms with Crippen LogP contribution in [0.2, 0.25) is 0 Å². The standard InChI is InChI=1S/C13H22N6O2/c1-2-3-15-11(20)9-18-4-6-19(7-5-18)13(21)12-10(14)8-16-17-12/h8H,2-7,9,14H2,1H3,(H,15,20)(H,16,17). The zero-order valence-electron chi connectivity index (χ0n) is 12.3. The number of nitrogens with one attached hydrogen (secondary N) is 2. The molecule has 0 atom stereocenters. The number of aromatic amines is 1. The SMILES string of the molecule is CCCNC(=O)CN1CCN(C(=O)c2[nH]ncc2N)CC1. The summed E-state index contributed by atoms with van der Waals surface area (Å²) in [5.41, 5.74) is 6.38. The number of nitrogen functional groups attached to an aromatic ring is 1. The van der Waals surface area contributed by atoms with Crippen molar-refractivity contribution in [3.05, 3.63) is 11.9 Å². The third kappa shape index (κ3) is 3.94. The molecule has 2 heterocycles. The molecule has 1 saturated heterocycles. The monoisotopic (exact) mass is 294 g/mol. The maximum Gasteiger partial charge on any atom is 0.274 e. The molecule has 0 aromatic carbocycles. The lowest BCUT2D eigenvalue weighted by molar-refractivity contribution is -0.122. The number of piperazine rings is 1. The molecule has 8 nitrogen and oxygen atoms in total. The Morgan fingerprint density at radius 1 is 1.38 bits per heavy atom. The molecular weight excluding hydrogens is 272 g/mol. The zero-order valence-corrected chi connectivity index (χ0v) is 12.3. The Hall–Kier alpha value is -2.09. The lowest BCUT2D eigenvalue weighted by Gasteiger charge is -2.34. The van der Waals surface area contributed by atoms with E-state index in [1.54, 1.807) is 4.90 Å². The molecule has 0 radical (unpaired) electrons. The van der Waals surface area contributed by atoms with E-state index in [-0.39, 0.29) is 11.8 Å². The van der Waals surface area contributed by atoms with Gasteiger partial charge in [0.25, 0.3) is 5.91 Å². The van der Waals surface area contributed by atoms with E-state index < -0.39 is 0 Å². The van der Waals surface area contributed by atoms with Crippen LogP contribution in [0.4, 0.5) is 5.69 Å². The molecule has 2 rings (SSSR count). The third-order valence-corrected chi connectivity index (χ3v) is 3.48. The Morgan fingerprint density at radius 3 is 2.67 bits per heavy atom. The van der Waals surface area contributed by atoms with Gasteiger partial charge < -0.3 is 16.0 Å². The van der Waals surface area contributed by atoms with Gasteiger partial charge >= 0.3 is 0 Å². The fourth-order valence-corrected chi connectivity index (χ4v) is 2.26. The molecule has 21 heavy (non-hydrogen) atoms. The average molecular weight is 294 g/mol. The minimum atomic E-state index is -0.139. The van der Waals surface area contributed by atoms with Crippen molar-refractivity contribution in [3.8, 4) is 0 Å². The van der Waals surface area contributed by atoms with E-state index in [2.05, 4.69) is 15.5 Å². The van der Waals surface area contributed by atoms with Gasteiger partial charge in [-0.25, -0.2) is 0 Å². The van der Waals surface area contributed by atoms with Gasteiger partial charge in [-0.1, -0.05) is 6.92 Å². The number of hydrogen-bond donors (Lipinski definition) is 3. The highest BCUT2D eigenvalue weighted by Crippen LogP contribution is 2.12. The van der Waals surface area contributed by atoms with Gasteiger partial charge in [0.2, 0.25) is 5.91 Å². The quantitative estimate of drug-likeness (QED) is 0.664. The average Bonchev–Trinajstić information content (AvgIpc) is 2.91. The third-order valence-electron chi connectivity index (χ3n) is 3.48. The van der Waals surface area contributed by atoms with Crippen molar-refractivity contribution in [2.45, 2.75) is 13.3 Å². The van der Waals surface area contributed by atoms with E-state index in [1.165, 1.54) is 6.20 Å². The van der Waals surface area contributed by atoms with Crippen molar-refractivity contribution in [1.82, 2.24) is 25.3 Å². The van der Waals surface area contributed by atoms with Crippen molar-refractivity contribution in [3.63, 3.8) is 0 Å². The topological polar surface area (TPSA) is 107 Å². The smallest absolute Gasteiger partial charge is 0.274 e. The number of nitrogens with two attached hydrogens (primary N) is 1. The minimum absolute atomic E-state index is 0.0365. The molecule has 0 unspecified atom stereocenters. The van der Waals surface area contributed by atoms with Crippen molar-refractivity contribution in [2.24, 2.45) is 0 Å². The minimum Gasteiger partial charge on any atom is -0.396 e. The van der Waals surface area contributed by atoms with Crippen molar-refractivity contribution in [2.75, 3.05) is 45.0 Å². The van der Waals surface area contributed by atoms with Crippen molar-refractivity contribution >= 4 is 17.5 Å². The molecule has 8 heteroatoms. The number of nitrogens with zero attached hydrogens (tertiary/aromatic N) is 3. The summed E-state index contributed by atoms with van der Waals surface area (Å²) in [5, 5.41) is 9.24. The van der Waals surface area contributed by atoms with Crippen LogP contribution in [0.3, 0.4) is 0 Å². The van der Waals surface area contributed by atoms with Gasteiger partial charge in [-0.3, -0.25) is 19.6 Å². The molecule has 116 valence electrons. The number of hydrogen-bond acceptors (Lipinski definition) is 5. The van der Waals surface area contributed by atoms with Crippen LogP contribution in [0.1, 0.15) is 23.8 Å². The maximum absolute atomic E-state index is 12.2. The first kappa shape index (κ1) is 15.3. The Labute approximate surface area is 123 Å². The molecular formula is C13H22N6O2. The van der Waals surface area contributed by atoms with Gasteiger partial charge in [0.1, 0.15) is 5.69 Å². The second-order valence-corrected chi connectivity index (χ2v) is 5.12. The molecule has 0 aliphatic carbocycles. The number of carbonyl (C=O) groups is 2. The van der Waals surface area contributed by atoms with Crippen LogP contribution in [-0.2, 0) is 4.79 Å². The number of H-pyrrole nitrogens is 1. The molecule has 2 amide bonds. The summed E-state index contributed by atoms with van der Waals surface area (Å²) in [6, 6.07) is 0. The highest BCUT2D eigenvalue weighted by molar-refractivity contribution is 5.97. The lowest BCUT2D eigenvalue weighted by Crippen LogP contribution is -2.51. The Balaban J connectivity index is 1.79. The molecule has 4 N–H and O–H groups in total.